The van der Waals surface area contributed by atoms with E-state index >= 15 is 0 Å². The SMILES string of the molecule is Cc1cc(N2Cc3cccn3C[C@@H](Oc3ccccn3)C2)n2ncnc2n1. The van der Waals surface area contributed by atoms with Crippen molar-refractivity contribution >= 4 is 11.6 Å². The zero-order valence-corrected chi connectivity index (χ0v) is 14.9. The third kappa shape index (κ3) is 2.99. The summed E-state index contributed by atoms with van der Waals surface area (Å²) in [5.74, 6) is 2.20. The summed E-state index contributed by atoms with van der Waals surface area (Å²) in [6.07, 6.45) is 5.32. The molecule has 0 unspecified atom stereocenters. The molecule has 4 aromatic heterocycles. The second-order valence-corrected chi connectivity index (χ2v) is 6.67. The Hall–Kier alpha value is -3.42. The molecule has 5 rings (SSSR count). The van der Waals surface area contributed by atoms with Crippen molar-refractivity contribution in [3.05, 3.63) is 66.5 Å². The monoisotopic (exact) mass is 361 g/mol. The van der Waals surface area contributed by atoms with Gasteiger partial charge in [0.2, 0.25) is 5.88 Å². The number of rotatable bonds is 3. The minimum Gasteiger partial charge on any atom is -0.471 e. The average Bonchev–Trinajstić information content (AvgIpc) is 3.27. The van der Waals surface area contributed by atoms with E-state index < -0.39 is 0 Å². The Labute approximate surface area is 156 Å². The maximum Gasteiger partial charge on any atom is 0.254 e. The number of fused-ring (bicyclic) bond motifs is 2. The number of aryl methyl sites for hydroxylation is 1. The molecule has 0 aromatic carbocycles. The summed E-state index contributed by atoms with van der Waals surface area (Å²) in [5.41, 5.74) is 2.14. The van der Waals surface area contributed by atoms with Crippen molar-refractivity contribution in [3.8, 4) is 5.88 Å². The lowest BCUT2D eigenvalue weighted by atomic mass is 10.3. The fourth-order valence-electron chi connectivity index (χ4n) is 3.53. The molecule has 0 aliphatic carbocycles. The van der Waals surface area contributed by atoms with Gasteiger partial charge >= 0.3 is 0 Å². The molecule has 0 spiro atoms. The first kappa shape index (κ1) is 15.8. The van der Waals surface area contributed by atoms with E-state index in [0.29, 0.717) is 18.2 Å². The minimum absolute atomic E-state index is 0.0550. The lowest BCUT2D eigenvalue weighted by Gasteiger charge is -2.26. The lowest BCUT2D eigenvalue weighted by Crippen LogP contribution is -2.36. The van der Waals surface area contributed by atoms with E-state index in [-0.39, 0.29) is 6.10 Å². The maximum absolute atomic E-state index is 6.20. The molecule has 0 amide bonds. The van der Waals surface area contributed by atoms with Crippen molar-refractivity contribution in [3.63, 3.8) is 0 Å². The highest BCUT2D eigenvalue weighted by atomic mass is 16.5. The number of ether oxygens (including phenoxy) is 1. The van der Waals surface area contributed by atoms with Crippen LogP contribution in [0.25, 0.3) is 5.78 Å². The molecule has 27 heavy (non-hydrogen) atoms. The van der Waals surface area contributed by atoms with E-state index in [1.807, 2.05) is 31.2 Å². The molecule has 1 aliphatic heterocycles. The second-order valence-electron chi connectivity index (χ2n) is 6.67. The van der Waals surface area contributed by atoms with Crippen LogP contribution in [0.1, 0.15) is 11.4 Å². The Bertz CT molecular complexity index is 1070. The average molecular weight is 361 g/mol. The lowest BCUT2D eigenvalue weighted by molar-refractivity contribution is 0.182. The maximum atomic E-state index is 6.20. The van der Waals surface area contributed by atoms with Gasteiger partial charge in [0, 0.05) is 35.9 Å². The molecule has 5 heterocycles. The molecule has 1 aliphatic rings. The van der Waals surface area contributed by atoms with E-state index in [0.717, 1.165) is 24.6 Å². The summed E-state index contributed by atoms with van der Waals surface area (Å²) >= 11 is 0. The highest BCUT2D eigenvalue weighted by Gasteiger charge is 2.25. The van der Waals surface area contributed by atoms with E-state index in [4.69, 9.17) is 4.74 Å². The van der Waals surface area contributed by atoms with Gasteiger partial charge in [-0.15, -0.1) is 0 Å². The van der Waals surface area contributed by atoms with Crippen LogP contribution in [0.5, 0.6) is 5.88 Å². The third-order valence-electron chi connectivity index (χ3n) is 4.71. The summed E-state index contributed by atoms with van der Waals surface area (Å²) in [6.45, 7) is 4.20. The van der Waals surface area contributed by atoms with Crippen LogP contribution in [0.4, 0.5) is 5.82 Å². The van der Waals surface area contributed by atoms with Crippen molar-refractivity contribution < 1.29 is 4.74 Å². The smallest absolute Gasteiger partial charge is 0.254 e. The van der Waals surface area contributed by atoms with Gasteiger partial charge in [-0.3, -0.25) is 0 Å². The Balaban J connectivity index is 1.54. The zero-order valence-electron chi connectivity index (χ0n) is 14.9. The second kappa shape index (κ2) is 6.39. The molecule has 1 atom stereocenters. The number of aromatic nitrogens is 6. The Morgan fingerprint density at radius 3 is 2.96 bits per heavy atom. The predicted molar refractivity (Wildman–Crippen MR) is 99.7 cm³/mol. The summed E-state index contributed by atoms with van der Waals surface area (Å²) in [6, 6.07) is 12.0. The van der Waals surface area contributed by atoms with E-state index in [1.165, 1.54) is 12.0 Å². The van der Waals surface area contributed by atoms with Crippen LogP contribution in [0.3, 0.4) is 0 Å². The summed E-state index contributed by atoms with van der Waals surface area (Å²) in [4.78, 5) is 15.3. The first-order valence-corrected chi connectivity index (χ1v) is 8.90. The van der Waals surface area contributed by atoms with Crippen molar-refractivity contribution in [1.82, 2.24) is 29.1 Å². The van der Waals surface area contributed by atoms with Crippen molar-refractivity contribution in [2.45, 2.75) is 26.1 Å². The minimum atomic E-state index is -0.0550. The molecule has 8 nitrogen and oxygen atoms in total. The van der Waals surface area contributed by atoms with Crippen LogP contribution >= 0.6 is 0 Å². The van der Waals surface area contributed by atoms with Gasteiger partial charge in [0.25, 0.3) is 5.78 Å². The topological polar surface area (TPSA) is 73.4 Å². The fraction of sp³-hybridized carbons (Fsp3) is 0.263. The molecule has 4 aromatic rings. The number of nitrogens with zero attached hydrogens (tertiary/aromatic N) is 7. The standard InChI is InChI=1S/C19H19N7O/c1-14-9-18(26-19(23-14)21-13-22-26)25-10-15-5-4-8-24(15)11-16(12-25)27-17-6-2-3-7-20-17/h2-9,13,16H,10-12H2,1H3/t16-/m1/s1. The third-order valence-corrected chi connectivity index (χ3v) is 4.71. The molecule has 0 fully saturated rings. The number of anilines is 1. The normalized spacial score (nSPS) is 16.9. The summed E-state index contributed by atoms with van der Waals surface area (Å²) in [5, 5.41) is 4.36. The van der Waals surface area contributed by atoms with E-state index in [9.17, 15) is 0 Å². The number of pyridine rings is 1. The van der Waals surface area contributed by atoms with E-state index in [2.05, 4.69) is 47.8 Å². The highest BCUT2D eigenvalue weighted by molar-refractivity contribution is 5.48. The van der Waals surface area contributed by atoms with Gasteiger partial charge in [0.05, 0.1) is 19.6 Å². The van der Waals surface area contributed by atoms with Crippen molar-refractivity contribution in [2.75, 3.05) is 11.4 Å². The molecule has 0 bridgehead atoms. The predicted octanol–water partition coefficient (Wildman–Crippen LogP) is 2.10. The largest absolute Gasteiger partial charge is 0.471 e. The number of hydrogen-bond acceptors (Lipinski definition) is 6. The Morgan fingerprint density at radius 1 is 1.11 bits per heavy atom. The van der Waals surface area contributed by atoms with Crippen LogP contribution in [0.2, 0.25) is 0 Å². The van der Waals surface area contributed by atoms with Crippen molar-refractivity contribution in [2.24, 2.45) is 0 Å². The van der Waals surface area contributed by atoms with Gasteiger partial charge in [-0.2, -0.15) is 14.6 Å². The van der Waals surface area contributed by atoms with Gasteiger partial charge in [0.15, 0.2) is 0 Å². The summed E-state index contributed by atoms with van der Waals surface area (Å²) < 4.78 is 10.2. The van der Waals surface area contributed by atoms with Gasteiger partial charge in [0.1, 0.15) is 18.2 Å². The fourth-order valence-corrected chi connectivity index (χ4v) is 3.53. The van der Waals surface area contributed by atoms with Gasteiger partial charge in [-0.1, -0.05) is 6.07 Å². The van der Waals surface area contributed by atoms with Gasteiger partial charge < -0.3 is 14.2 Å². The van der Waals surface area contributed by atoms with Crippen LogP contribution in [-0.2, 0) is 13.1 Å². The van der Waals surface area contributed by atoms with E-state index in [1.54, 1.807) is 10.7 Å². The first-order chi connectivity index (χ1) is 13.3. The van der Waals surface area contributed by atoms with Crippen LogP contribution in [-0.4, -0.2) is 41.8 Å². The Kier molecular flexibility index (Phi) is 3.74. The molecular formula is C19H19N7O. The van der Waals surface area contributed by atoms with Gasteiger partial charge in [-0.25, -0.2) is 9.97 Å². The molecule has 0 saturated heterocycles. The molecule has 0 radical (unpaired) electrons. The van der Waals surface area contributed by atoms with Crippen LogP contribution in [0.15, 0.2) is 55.1 Å². The molecule has 0 saturated carbocycles. The quantitative estimate of drug-likeness (QED) is 0.556. The zero-order chi connectivity index (χ0) is 18.2. The molecule has 136 valence electrons. The molecule has 8 heteroatoms. The molecule has 0 N–H and O–H groups in total. The number of hydrogen-bond donors (Lipinski definition) is 0. The van der Waals surface area contributed by atoms with Crippen LogP contribution < -0.4 is 9.64 Å². The highest BCUT2D eigenvalue weighted by Crippen LogP contribution is 2.23. The molecular weight excluding hydrogens is 342 g/mol. The van der Waals surface area contributed by atoms with Gasteiger partial charge in [-0.05, 0) is 25.1 Å². The van der Waals surface area contributed by atoms with Crippen molar-refractivity contribution in [1.29, 1.82) is 0 Å². The summed E-state index contributed by atoms with van der Waals surface area (Å²) in [7, 11) is 0. The first-order valence-electron chi connectivity index (χ1n) is 8.90. The van der Waals surface area contributed by atoms with Crippen LogP contribution in [0, 0.1) is 6.92 Å². The Morgan fingerprint density at radius 2 is 2.07 bits per heavy atom.